The van der Waals surface area contributed by atoms with Crippen molar-refractivity contribution in [2.45, 2.75) is 0 Å². The first-order valence-electron chi connectivity index (χ1n) is 5.40. The van der Waals surface area contributed by atoms with Gasteiger partial charge in [-0.15, -0.1) is 0 Å². The maximum atomic E-state index is 9.20. The third kappa shape index (κ3) is 2.46. The lowest BCUT2D eigenvalue weighted by Gasteiger charge is -2.11. The van der Waals surface area contributed by atoms with E-state index in [0.717, 1.165) is 16.7 Å². The molecule has 0 atom stereocenters. The maximum Gasteiger partial charge on any atom is 0.488 e. The highest BCUT2D eigenvalue weighted by Gasteiger charge is 2.17. The van der Waals surface area contributed by atoms with Crippen molar-refractivity contribution in [2.75, 3.05) is 0 Å². The van der Waals surface area contributed by atoms with E-state index in [1.165, 1.54) is 0 Å². The molecule has 2 rings (SSSR count). The molecule has 0 heterocycles. The highest BCUT2D eigenvalue weighted by molar-refractivity contribution is 6.65. The van der Waals surface area contributed by atoms with Crippen LogP contribution in [-0.2, 0) is 0 Å². The normalized spacial score (nSPS) is 10.0. The fraction of sp³-hybridized carbons (Fsp3) is 0. The van der Waals surface area contributed by atoms with Gasteiger partial charge in [-0.1, -0.05) is 61.2 Å². The van der Waals surface area contributed by atoms with Crippen LogP contribution >= 0.6 is 0 Å². The van der Waals surface area contributed by atoms with Gasteiger partial charge in [0, 0.05) is 0 Å². The second-order valence-corrected chi connectivity index (χ2v) is 3.81. The van der Waals surface area contributed by atoms with Crippen LogP contribution in [0.15, 0.2) is 61.2 Å². The fourth-order valence-corrected chi connectivity index (χ4v) is 1.77. The van der Waals surface area contributed by atoms with Gasteiger partial charge in [0.15, 0.2) is 0 Å². The predicted octanol–water partition coefficient (Wildman–Crippen LogP) is 2.38. The molecule has 0 bridgehead atoms. The van der Waals surface area contributed by atoms with Gasteiger partial charge in [0.1, 0.15) is 0 Å². The van der Waals surface area contributed by atoms with Crippen molar-refractivity contribution in [2.24, 2.45) is 0 Å². The van der Waals surface area contributed by atoms with Crippen molar-refractivity contribution in [3.63, 3.8) is 0 Å². The Kier molecular flexibility index (Phi) is 3.42. The monoisotopic (exact) mass is 224 g/mol. The van der Waals surface area contributed by atoms with E-state index in [9.17, 15) is 10.0 Å². The number of benzene rings is 2. The molecule has 0 aliphatic heterocycles. The van der Waals surface area contributed by atoms with Crippen molar-refractivity contribution < 1.29 is 10.0 Å². The van der Waals surface area contributed by atoms with Gasteiger partial charge in [0.05, 0.1) is 0 Å². The van der Waals surface area contributed by atoms with Crippen LogP contribution < -0.4 is 0 Å². The molecule has 3 heteroatoms. The van der Waals surface area contributed by atoms with Crippen molar-refractivity contribution in [1.82, 2.24) is 0 Å². The second kappa shape index (κ2) is 5.00. The number of hydrogen-bond donors (Lipinski definition) is 2. The van der Waals surface area contributed by atoms with E-state index in [-0.39, 0.29) is 0 Å². The minimum absolute atomic E-state index is 0.310. The van der Waals surface area contributed by atoms with Gasteiger partial charge in [-0.05, 0) is 22.2 Å². The first kappa shape index (κ1) is 11.6. The highest BCUT2D eigenvalue weighted by atomic mass is 16.4. The quantitative estimate of drug-likeness (QED) is 0.785. The molecule has 84 valence electrons. The van der Waals surface area contributed by atoms with Gasteiger partial charge in [0.2, 0.25) is 0 Å². The second-order valence-electron chi connectivity index (χ2n) is 3.81. The van der Waals surface area contributed by atoms with Crippen molar-refractivity contribution >= 4 is 12.6 Å². The van der Waals surface area contributed by atoms with Crippen molar-refractivity contribution in [3.8, 4) is 11.1 Å². The minimum Gasteiger partial charge on any atom is -0.423 e. The lowest BCUT2D eigenvalue weighted by atomic mass is 9.74. The van der Waals surface area contributed by atoms with Gasteiger partial charge < -0.3 is 10.0 Å². The van der Waals surface area contributed by atoms with E-state index in [1.54, 1.807) is 0 Å². The topological polar surface area (TPSA) is 40.5 Å². The van der Waals surface area contributed by atoms with E-state index >= 15 is 0 Å². The van der Waals surface area contributed by atoms with Gasteiger partial charge in [0.25, 0.3) is 0 Å². The molecular weight excluding hydrogens is 211 g/mol. The van der Waals surface area contributed by atoms with Crippen LogP contribution in [0.2, 0.25) is 0 Å². The largest absolute Gasteiger partial charge is 0.488 e. The Morgan fingerprint density at radius 1 is 0.882 bits per heavy atom. The SMILES string of the molecule is C=C(B(O)O)c1ccccc1-c1ccccc1. The fourth-order valence-electron chi connectivity index (χ4n) is 1.77. The Labute approximate surface area is 101 Å². The van der Waals surface area contributed by atoms with Crippen molar-refractivity contribution in [1.29, 1.82) is 0 Å². The molecule has 0 saturated carbocycles. The Bertz CT molecular complexity index is 521. The molecule has 17 heavy (non-hydrogen) atoms. The van der Waals surface area contributed by atoms with Crippen LogP contribution in [0.1, 0.15) is 5.56 Å². The zero-order chi connectivity index (χ0) is 12.3. The highest BCUT2D eigenvalue weighted by Crippen LogP contribution is 2.28. The summed E-state index contributed by atoms with van der Waals surface area (Å²) in [5.74, 6) is 0. The summed E-state index contributed by atoms with van der Waals surface area (Å²) in [5.41, 5.74) is 3.05. The van der Waals surface area contributed by atoms with Gasteiger partial charge in [-0.25, -0.2) is 0 Å². The van der Waals surface area contributed by atoms with E-state index in [4.69, 9.17) is 0 Å². The maximum absolute atomic E-state index is 9.20. The summed E-state index contributed by atoms with van der Waals surface area (Å²) in [4.78, 5) is 0. The van der Waals surface area contributed by atoms with Crippen LogP contribution in [0.25, 0.3) is 16.6 Å². The molecule has 2 aromatic rings. The van der Waals surface area contributed by atoms with E-state index in [2.05, 4.69) is 6.58 Å². The molecule has 2 nitrogen and oxygen atoms in total. The number of rotatable bonds is 3. The smallest absolute Gasteiger partial charge is 0.423 e. The summed E-state index contributed by atoms with van der Waals surface area (Å²) in [6.45, 7) is 3.71. The molecule has 2 N–H and O–H groups in total. The number of hydrogen-bond acceptors (Lipinski definition) is 2. The lowest BCUT2D eigenvalue weighted by molar-refractivity contribution is 0.427. The molecule has 0 spiro atoms. The first-order valence-corrected chi connectivity index (χ1v) is 5.40. The predicted molar refractivity (Wildman–Crippen MR) is 71.1 cm³/mol. The lowest BCUT2D eigenvalue weighted by Crippen LogP contribution is -2.13. The molecule has 0 saturated heterocycles. The van der Waals surface area contributed by atoms with Gasteiger partial charge in [-0.3, -0.25) is 0 Å². The third-order valence-corrected chi connectivity index (χ3v) is 2.67. The van der Waals surface area contributed by atoms with E-state index in [1.807, 2.05) is 54.6 Å². The molecule has 0 unspecified atom stereocenters. The zero-order valence-electron chi connectivity index (χ0n) is 9.38. The van der Waals surface area contributed by atoms with Crippen LogP contribution in [0, 0.1) is 0 Å². The molecule has 0 fully saturated rings. The van der Waals surface area contributed by atoms with E-state index in [0.29, 0.717) is 5.47 Å². The molecule has 0 aromatic heterocycles. The van der Waals surface area contributed by atoms with Gasteiger partial charge >= 0.3 is 7.12 Å². The molecule has 0 aliphatic carbocycles. The molecule has 0 aliphatic rings. The Morgan fingerprint density at radius 3 is 2.12 bits per heavy atom. The molecule has 0 amide bonds. The standard InChI is InChI=1S/C14H13BO2/c1-11(15(16)17)13-9-5-6-10-14(13)12-7-3-2-4-8-12/h2-10,16-17H,1H2. The van der Waals surface area contributed by atoms with Crippen LogP contribution in [0.3, 0.4) is 0 Å². The Morgan fingerprint density at radius 2 is 1.47 bits per heavy atom. The molecular formula is C14H13BO2. The Hall–Kier alpha value is -1.84. The van der Waals surface area contributed by atoms with Crippen LogP contribution in [0.4, 0.5) is 0 Å². The first-order chi connectivity index (χ1) is 8.20. The molecule has 0 radical (unpaired) electrons. The van der Waals surface area contributed by atoms with Gasteiger partial charge in [-0.2, -0.15) is 0 Å². The summed E-state index contributed by atoms with van der Waals surface area (Å²) in [6.07, 6.45) is 0. The molecule has 2 aromatic carbocycles. The minimum atomic E-state index is -1.53. The van der Waals surface area contributed by atoms with E-state index < -0.39 is 7.12 Å². The average molecular weight is 224 g/mol. The summed E-state index contributed by atoms with van der Waals surface area (Å²) in [5, 5.41) is 18.4. The summed E-state index contributed by atoms with van der Waals surface area (Å²) in [7, 11) is -1.53. The zero-order valence-corrected chi connectivity index (χ0v) is 9.38. The Balaban J connectivity index is 2.52. The third-order valence-electron chi connectivity index (χ3n) is 2.67. The van der Waals surface area contributed by atoms with Crippen LogP contribution in [0.5, 0.6) is 0 Å². The summed E-state index contributed by atoms with van der Waals surface area (Å²) >= 11 is 0. The average Bonchev–Trinajstić information content (AvgIpc) is 2.39. The van der Waals surface area contributed by atoms with Crippen molar-refractivity contribution in [3.05, 3.63) is 66.7 Å². The summed E-state index contributed by atoms with van der Waals surface area (Å²) < 4.78 is 0. The summed E-state index contributed by atoms with van der Waals surface area (Å²) in [6, 6.07) is 17.4. The van der Waals surface area contributed by atoms with Crippen LogP contribution in [-0.4, -0.2) is 17.2 Å².